The number of nitrogens with one attached hydrogen (secondary N) is 1. The van der Waals surface area contributed by atoms with Gasteiger partial charge in [0.1, 0.15) is 0 Å². The van der Waals surface area contributed by atoms with E-state index in [1.807, 2.05) is 11.1 Å². The van der Waals surface area contributed by atoms with Gasteiger partial charge in [-0.05, 0) is 31.9 Å². The third-order valence-electron chi connectivity index (χ3n) is 5.22. The third kappa shape index (κ3) is 4.73. The molecule has 1 aliphatic heterocycles. The van der Waals surface area contributed by atoms with Crippen molar-refractivity contribution in [3.8, 4) is 11.3 Å². The smallest absolute Gasteiger partial charge is 0.236 e. The molecule has 26 heavy (non-hydrogen) atoms. The van der Waals surface area contributed by atoms with Crippen molar-refractivity contribution in [1.82, 2.24) is 20.0 Å². The second-order valence-electron chi connectivity index (χ2n) is 7.23. The van der Waals surface area contributed by atoms with Gasteiger partial charge in [-0.1, -0.05) is 49.6 Å². The highest BCUT2D eigenvalue weighted by Gasteiger charge is 2.19. The number of rotatable bonds is 6. The normalized spacial score (nSPS) is 15.3. The number of aromatic amines is 1. The summed E-state index contributed by atoms with van der Waals surface area (Å²) < 4.78 is 0. The monoisotopic (exact) mass is 354 g/mol. The zero-order chi connectivity index (χ0) is 18.4. The van der Waals surface area contributed by atoms with E-state index in [-0.39, 0.29) is 5.91 Å². The highest BCUT2D eigenvalue weighted by atomic mass is 16.2. The van der Waals surface area contributed by atoms with Crippen molar-refractivity contribution in [3.63, 3.8) is 0 Å². The van der Waals surface area contributed by atoms with Gasteiger partial charge in [0.05, 0.1) is 18.4 Å². The Balaban J connectivity index is 1.66. The van der Waals surface area contributed by atoms with Gasteiger partial charge >= 0.3 is 0 Å². The van der Waals surface area contributed by atoms with E-state index in [9.17, 15) is 4.79 Å². The fraction of sp³-hybridized carbons (Fsp3) is 0.524. The predicted molar refractivity (Wildman–Crippen MR) is 105 cm³/mol. The number of aryl methyl sites for hydroxylation is 1. The summed E-state index contributed by atoms with van der Waals surface area (Å²) in [5.41, 5.74) is 4.57. The van der Waals surface area contributed by atoms with Gasteiger partial charge in [-0.15, -0.1) is 0 Å². The van der Waals surface area contributed by atoms with E-state index >= 15 is 0 Å². The maximum Gasteiger partial charge on any atom is 0.236 e. The van der Waals surface area contributed by atoms with Crippen molar-refractivity contribution in [2.75, 3.05) is 26.2 Å². The average molecular weight is 354 g/mol. The molecular weight excluding hydrogens is 324 g/mol. The summed E-state index contributed by atoms with van der Waals surface area (Å²) in [5.74, 6) is 0.258. The molecular formula is C21H30N4O. The Bertz CT molecular complexity index is 699. The molecule has 0 spiro atoms. The Kier molecular flexibility index (Phi) is 6.45. The van der Waals surface area contributed by atoms with E-state index in [1.54, 1.807) is 0 Å². The molecule has 5 heteroatoms. The number of nitrogens with zero attached hydrogens (tertiary/aromatic N) is 3. The number of amides is 1. The largest absolute Gasteiger partial charge is 0.342 e. The van der Waals surface area contributed by atoms with Crippen LogP contribution in [0, 0.1) is 6.92 Å². The van der Waals surface area contributed by atoms with E-state index in [0.717, 1.165) is 55.8 Å². The van der Waals surface area contributed by atoms with Crippen LogP contribution in [-0.4, -0.2) is 52.1 Å². The van der Waals surface area contributed by atoms with Crippen LogP contribution in [0.5, 0.6) is 0 Å². The number of H-pyrrole nitrogens is 1. The molecule has 2 heterocycles. The standard InChI is InChI=1S/C21H30N4O/c1-3-24(16-20(26)25-12-6-4-5-7-13-25)15-19-14-22-23-21(19)18-10-8-17(2)9-11-18/h8-11,14H,3-7,12-13,15-16H2,1-2H3,(H,22,23). The Labute approximate surface area is 156 Å². The lowest BCUT2D eigenvalue weighted by atomic mass is 10.1. The van der Waals surface area contributed by atoms with E-state index in [2.05, 4.69) is 53.2 Å². The Morgan fingerprint density at radius 3 is 2.50 bits per heavy atom. The number of carbonyl (C=O) groups is 1. The van der Waals surface area contributed by atoms with Crippen molar-refractivity contribution in [2.45, 2.75) is 46.1 Å². The number of hydrogen-bond acceptors (Lipinski definition) is 3. The molecule has 1 N–H and O–H groups in total. The molecule has 1 amide bonds. The van der Waals surface area contributed by atoms with Crippen LogP contribution < -0.4 is 0 Å². The molecule has 3 rings (SSSR count). The third-order valence-corrected chi connectivity index (χ3v) is 5.22. The summed E-state index contributed by atoms with van der Waals surface area (Å²) in [6.45, 7) is 8.09. The van der Waals surface area contributed by atoms with Gasteiger partial charge in [-0.3, -0.25) is 14.8 Å². The van der Waals surface area contributed by atoms with Crippen molar-refractivity contribution in [2.24, 2.45) is 0 Å². The number of hydrogen-bond donors (Lipinski definition) is 1. The van der Waals surface area contributed by atoms with Crippen molar-refractivity contribution in [1.29, 1.82) is 0 Å². The van der Waals surface area contributed by atoms with Gasteiger partial charge in [0.15, 0.2) is 0 Å². The molecule has 0 bridgehead atoms. The van der Waals surface area contributed by atoms with Crippen LogP contribution in [0.1, 0.15) is 43.7 Å². The van der Waals surface area contributed by atoms with E-state index < -0.39 is 0 Å². The molecule has 1 aromatic carbocycles. The molecule has 140 valence electrons. The van der Waals surface area contributed by atoms with Crippen LogP contribution in [0.25, 0.3) is 11.3 Å². The molecule has 0 aliphatic carbocycles. The molecule has 1 aliphatic rings. The molecule has 2 aromatic rings. The zero-order valence-electron chi connectivity index (χ0n) is 16.0. The van der Waals surface area contributed by atoms with Crippen molar-refractivity contribution < 1.29 is 4.79 Å². The molecule has 1 saturated heterocycles. The maximum absolute atomic E-state index is 12.7. The van der Waals surface area contributed by atoms with E-state index in [4.69, 9.17) is 0 Å². The topological polar surface area (TPSA) is 52.2 Å². The first-order chi connectivity index (χ1) is 12.7. The lowest BCUT2D eigenvalue weighted by Gasteiger charge is -2.25. The minimum absolute atomic E-state index is 0.258. The minimum Gasteiger partial charge on any atom is -0.342 e. The summed E-state index contributed by atoms with van der Waals surface area (Å²) in [4.78, 5) is 17.0. The number of aromatic nitrogens is 2. The summed E-state index contributed by atoms with van der Waals surface area (Å²) in [5, 5.41) is 7.37. The van der Waals surface area contributed by atoms with Crippen molar-refractivity contribution >= 4 is 5.91 Å². The van der Waals surface area contributed by atoms with Gasteiger partial charge in [0.25, 0.3) is 0 Å². The van der Waals surface area contributed by atoms with Crippen molar-refractivity contribution in [3.05, 3.63) is 41.6 Å². The minimum atomic E-state index is 0.258. The Morgan fingerprint density at radius 2 is 1.85 bits per heavy atom. The van der Waals surface area contributed by atoms with Gasteiger partial charge in [-0.2, -0.15) is 5.10 Å². The molecule has 1 fully saturated rings. The maximum atomic E-state index is 12.7. The van der Waals surface area contributed by atoms with Gasteiger partial charge in [0.2, 0.25) is 5.91 Å². The molecule has 1 aromatic heterocycles. The summed E-state index contributed by atoms with van der Waals surface area (Å²) in [7, 11) is 0. The van der Waals surface area contributed by atoms with Gasteiger partial charge < -0.3 is 4.90 Å². The molecule has 0 unspecified atom stereocenters. The quantitative estimate of drug-likeness (QED) is 0.862. The number of likely N-dealkylation sites (N-methyl/N-ethyl adjacent to an activating group) is 1. The summed E-state index contributed by atoms with van der Waals surface area (Å²) >= 11 is 0. The van der Waals surface area contributed by atoms with Crippen LogP contribution in [-0.2, 0) is 11.3 Å². The first-order valence-electron chi connectivity index (χ1n) is 9.76. The van der Waals surface area contributed by atoms with Crippen LogP contribution in [0.3, 0.4) is 0 Å². The lowest BCUT2D eigenvalue weighted by Crippen LogP contribution is -2.40. The predicted octanol–water partition coefficient (Wildman–Crippen LogP) is 3.61. The second-order valence-corrected chi connectivity index (χ2v) is 7.23. The first kappa shape index (κ1) is 18.6. The van der Waals surface area contributed by atoms with Crippen LogP contribution in [0.15, 0.2) is 30.5 Å². The van der Waals surface area contributed by atoms with E-state index in [0.29, 0.717) is 6.54 Å². The number of likely N-dealkylation sites (tertiary alicyclic amines) is 1. The average Bonchev–Trinajstić information content (AvgIpc) is 2.93. The summed E-state index contributed by atoms with van der Waals surface area (Å²) in [6, 6.07) is 8.46. The lowest BCUT2D eigenvalue weighted by molar-refractivity contribution is -0.132. The highest BCUT2D eigenvalue weighted by molar-refractivity contribution is 5.78. The fourth-order valence-corrected chi connectivity index (χ4v) is 3.53. The molecule has 0 radical (unpaired) electrons. The number of benzene rings is 1. The molecule has 5 nitrogen and oxygen atoms in total. The fourth-order valence-electron chi connectivity index (χ4n) is 3.53. The Morgan fingerprint density at radius 1 is 1.15 bits per heavy atom. The first-order valence-corrected chi connectivity index (χ1v) is 9.76. The highest BCUT2D eigenvalue weighted by Crippen LogP contribution is 2.23. The van der Waals surface area contributed by atoms with E-state index in [1.165, 1.54) is 18.4 Å². The Hall–Kier alpha value is -2.14. The SMILES string of the molecule is CCN(CC(=O)N1CCCCCC1)Cc1cn[nH]c1-c1ccc(C)cc1. The number of carbonyl (C=O) groups excluding carboxylic acids is 1. The zero-order valence-corrected chi connectivity index (χ0v) is 16.0. The van der Waals surface area contributed by atoms with Gasteiger partial charge in [-0.25, -0.2) is 0 Å². The van der Waals surface area contributed by atoms with Crippen LogP contribution in [0.2, 0.25) is 0 Å². The van der Waals surface area contributed by atoms with Crippen LogP contribution >= 0.6 is 0 Å². The van der Waals surface area contributed by atoms with Crippen LogP contribution in [0.4, 0.5) is 0 Å². The van der Waals surface area contributed by atoms with Gasteiger partial charge in [0, 0.05) is 25.2 Å². The molecule has 0 atom stereocenters. The summed E-state index contributed by atoms with van der Waals surface area (Å²) in [6.07, 6.45) is 6.65. The second kappa shape index (κ2) is 8.99. The molecule has 0 saturated carbocycles.